The van der Waals surface area contributed by atoms with Crippen molar-refractivity contribution in [3.05, 3.63) is 47.5 Å². The Morgan fingerprint density at radius 2 is 1.56 bits per heavy atom. The molecule has 0 amide bonds. The Kier molecular flexibility index (Phi) is 9.48. The molecule has 0 aliphatic heterocycles. The first-order chi connectivity index (χ1) is 10.7. The minimum Gasteiger partial charge on any atom is -0.744 e. The summed E-state index contributed by atoms with van der Waals surface area (Å²) in [6.07, 6.45) is 0. The van der Waals surface area contributed by atoms with Gasteiger partial charge in [0.1, 0.15) is 15.9 Å². The molecule has 0 aliphatic carbocycles. The maximum Gasteiger partial charge on any atom is 1.00 e. The fraction of sp³-hybridized carbons (Fsp3) is 0.0714. The Morgan fingerprint density at radius 1 is 1.04 bits per heavy atom. The van der Waals surface area contributed by atoms with E-state index in [9.17, 15) is 28.0 Å². The number of carboxylic acid groups (broad SMARTS) is 1. The number of carbonyl (C=O) groups is 1. The van der Waals surface area contributed by atoms with Gasteiger partial charge in [0.05, 0.1) is 22.2 Å². The summed E-state index contributed by atoms with van der Waals surface area (Å²) in [6.45, 7) is 1.49. The second-order valence-electron chi connectivity index (χ2n) is 4.59. The number of phenols is 1. The normalized spacial score (nSPS) is 10.8. The molecular formula is C14H10N2Na2O6S. The molecule has 2 aromatic carbocycles. The van der Waals surface area contributed by atoms with Crippen LogP contribution in [0.3, 0.4) is 0 Å². The van der Waals surface area contributed by atoms with Gasteiger partial charge in [0.15, 0.2) is 0 Å². The van der Waals surface area contributed by atoms with E-state index in [1.54, 1.807) is 0 Å². The molecule has 0 heterocycles. The molecule has 8 nitrogen and oxygen atoms in total. The molecule has 0 spiro atoms. The number of aromatic hydroxyl groups is 1. The zero-order valence-electron chi connectivity index (χ0n) is 13.8. The van der Waals surface area contributed by atoms with Crippen molar-refractivity contribution in [2.24, 2.45) is 10.2 Å². The molecule has 0 atom stereocenters. The Bertz CT molecular complexity index is 898. The summed E-state index contributed by atoms with van der Waals surface area (Å²) in [6, 6.07) is 7.25. The number of hydrogen-bond donors (Lipinski definition) is 1. The largest absolute Gasteiger partial charge is 1.00 e. The Labute approximate surface area is 188 Å². The molecule has 0 aromatic heterocycles. The van der Waals surface area contributed by atoms with Crippen molar-refractivity contribution in [2.45, 2.75) is 11.8 Å². The van der Waals surface area contributed by atoms with E-state index < -0.39 is 32.3 Å². The standard InChI is InChI=1S/C14H12N2O6S.2Na/c1-8-6-10(7-12(13(8)17)14(18)19)16-15-9-2-4-11(5-3-9)23(20,21)22;;/h2-7,17H,1H3,(H,18,19)(H,20,21,22);;/q;2*+1/p-2/b16-15+;;. The quantitative estimate of drug-likeness (QED) is 0.321. The van der Waals surface area contributed by atoms with Gasteiger partial charge in [-0.1, -0.05) is 0 Å². The second-order valence-corrected chi connectivity index (χ2v) is 5.97. The molecular weight excluding hydrogens is 370 g/mol. The van der Waals surface area contributed by atoms with E-state index in [0.717, 1.165) is 18.2 Å². The predicted molar refractivity (Wildman–Crippen MR) is 75.8 cm³/mol. The van der Waals surface area contributed by atoms with Gasteiger partial charge in [0.25, 0.3) is 0 Å². The topological polar surface area (TPSA) is 142 Å². The van der Waals surface area contributed by atoms with Gasteiger partial charge in [-0.15, -0.1) is 0 Å². The van der Waals surface area contributed by atoms with Crippen molar-refractivity contribution in [3.8, 4) is 5.75 Å². The first kappa shape index (κ1) is 24.2. The van der Waals surface area contributed by atoms with Gasteiger partial charge < -0.3 is 19.6 Å². The molecule has 0 fully saturated rings. The first-order valence-corrected chi connectivity index (χ1v) is 7.62. The molecule has 25 heavy (non-hydrogen) atoms. The number of nitrogens with zero attached hydrogens (tertiary/aromatic N) is 2. The Balaban J connectivity index is 0.00000288. The number of carboxylic acids is 1. The van der Waals surface area contributed by atoms with Crippen LogP contribution >= 0.6 is 0 Å². The minimum absolute atomic E-state index is 0. The molecule has 2 rings (SSSR count). The molecule has 0 bridgehead atoms. The van der Waals surface area contributed by atoms with Gasteiger partial charge in [-0.3, -0.25) is 0 Å². The number of rotatable bonds is 4. The van der Waals surface area contributed by atoms with E-state index >= 15 is 0 Å². The summed E-state index contributed by atoms with van der Waals surface area (Å²) < 4.78 is 32.4. The maximum absolute atomic E-state index is 10.9. The molecule has 0 saturated heterocycles. The monoisotopic (exact) mass is 380 g/mol. The molecule has 1 N–H and O–H groups in total. The number of aryl methyl sites for hydroxylation is 1. The summed E-state index contributed by atoms with van der Waals surface area (Å²) in [5, 5.41) is 28.1. The summed E-state index contributed by atoms with van der Waals surface area (Å²) >= 11 is 0. The summed E-state index contributed by atoms with van der Waals surface area (Å²) in [5.74, 6) is -1.96. The van der Waals surface area contributed by atoms with E-state index in [-0.39, 0.29) is 76.1 Å². The van der Waals surface area contributed by atoms with Gasteiger partial charge in [-0.2, -0.15) is 10.2 Å². The molecule has 0 unspecified atom stereocenters. The van der Waals surface area contributed by atoms with E-state index in [1.807, 2.05) is 0 Å². The first-order valence-electron chi connectivity index (χ1n) is 6.21. The Morgan fingerprint density at radius 3 is 2.04 bits per heavy atom. The van der Waals surface area contributed by atoms with Crippen LogP contribution in [0.15, 0.2) is 51.5 Å². The number of benzene rings is 2. The smallest absolute Gasteiger partial charge is 0.744 e. The zero-order valence-corrected chi connectivity index (χ0v) is 18.6. The zero-order chi connectivity index (χ0) is 17.2. The number of hydrogen-bond acceptors (Lipinski definition) is 8. The predicted octanol–water partition coefficient (Wildman–Crippen LogP) is -4.61. The molecule has 2 aromatic rings. The van der Waals surface area contributed by atoms with Gasteiger partial charge >= 0.3 is 59.1 Å². The van der Waals surface area contributed by atoms with E-state index in [2.05, 4.69) is 10.2 Å². The van der Waals surface area contributed by atoms with Gasteiger partial charge in [-0.25, -0.2) is 8.42 Å². The third kappa shape index (κ3) is 6.46. The molecule has 120 valence electrons. The van der Waals surface area contributed by atoms with Crippen LogP contribution in [0.1, 0.15) is 15.9 Å². The molecule has 11 heteroatoms. The van der Waals surface area contributed by atoms with Crippen LogP contribution in [0.25, 0.3) is 0 Å². The van der Waals surface area contributed by atoms with Crippen LogP contribution in [0.2, 0.25) is 0 Å². The van der Waals surface area contributed by atoms with Crippen molar-refractivity contribution in [1.29, 1.82) is 0 Å². The van der Waals surface area contributed by atoms with Gasteiger partial charge in [-0.05, 0) is 48.9 Å². The average Bonchev–Trinajstić information content (AvgIpc) is 2.47. The Hall–Kier alpha value is -0.780. The van der Waals surface area contributed by atoms with Gasteiger partial charge in [0.2, 0.25) is 0 Å². The maximum atomic E-state index is 10.9. The van der Waals surface area contributed by atoms with Crippen LogP contribution < -0.4 is 64.2 Å². The van der Waals surface area contributed by atoms with E-state index in [1.165, 1.54) is 25.1 Å². The summed E-state index contributed by atoms with van der Waals surface area (Å²) in [7, 11) is -4.53. The number of azo groups is 1. The van der Waals surface area contributed by atoms with Crippen molar-refractivity contribution >= 4 is 27.5 Å². The SMILES string of the molecule is Cc1cc(/N=N/c2ccc(S(=O)(=O)[O-])cc2)cc(C(=O)[O-])c1O.[Na+].[Na+]. The van der Waals surface area contributed by atoms with Gasteiger partial charge in [0, 0.05) is 5.56 Å². The van der Waals surface area contributed by atoms with Crippen LogP contribution in [0, 0.1) is 6.92 Å². The van der Waals surface area contributed by atoms with E-state index in [4.69, 9.17) is 0 Å². The van der Waals surface area contributed by atoms with E-state index in [0.29, 0.717) is 0 Å². The molecule has 0 aliphatic rings. The summed E-state index contributed by atoms with van der Waals surface area (Å²) in [5.41, 5.74) is 0.304. The van der Waals surface area contributed by atoms with Crippen LogP contribution in [-0.2, 0) is 10.1 Å². The fourth-order valence-corrected chi connectivity index (χ4v) is 2.24. The average molecular weight is 380 g/mol. The fourth-order valence-electron chi connectivity index (χ4n) is 1.77. The van der Waals surface area contributed by atoms with Crippen molar-refractivity contribution in [2.75, 3.05) is 0 Å². The number of aromatic carboxylic acids is 1. The molecule has 0 radical (unpaired) electrons. The summed E-state index contributed by atoms with van der Waals surface area (Å²) in [4.78, 5) is 10.5. The third-order valence-electron chi connectivity index (χ3n) is 2.91. The van der Waals surface area contributed by atoms with Crippen molar-refractivity contribution in [3.63, 3.8) is 0 Å². The molecule has 0 saturated carbocycles. The van der Waals surface area contributed by atoms with Crippen LogP contribution in [0.4, 0.5) is 11.4 Å². The van der Waals surface area contributed by atoms with Crippen molar-refractivity contribution in [1.82, 2.24) is 0 Å². The van der Waals surface area contributed by atoms with Crippen LogP contribution in [-0.4, -0.2) is 24.0 Å². The third-order valence-corrected chi connectivity index (χ3v) is 3.76. The van der Waals surface area contributed by atoms with Crippen molar-refractivity contribution < 1.29 is 87.1 Å². The minimum atomic E-state index is -4.53. The second kappa shape index (κ2) is 9.79. The number of carbonyl (C=O) groups excluding carboxylic acids is 1. The van der Waals surface area contributed by atoms with Crippen LogP contribution in [0.5, 0.6) is 5.75 Å².